The Morgan fingerprint density at radius 1 is 1.19 bits per heavy atom. The van der Waals surface area contributed by atoms with Crippen molar-refractivity contribution < 1.29 is 0 Å². The van der Waals surface area contributed by atoms with Gasteiger partial charge in [-0.25, -0.2) is 4.98 Å². The zero-order chi connectivity index (χ0) is 11.1. The second kappa shape index (κ2) is 3.07. The number of hydrogen-bond donors (Lipinski definition) is 0. The van der Waals surface area contributed by atoms with E-state index in [9.17, 15) is 0 Å². The van der Waals surface area contributed by atoms with Gasteiger partial charge in [0.15, 0.2) is 5.69 Å². The van der Waals surface area contributed by atoms with Crippen molar-refractivity contribution in [2.24, 2.45) is 7.05 Å². The van der Waals surface area contributed by atoms with Gasteiger partial charge < -0.3 is 4.57 Å². The summed E-state index contributed by atoms with van der Waals surface area (Å²) in [6.45, 7) is 0. The van der Waals surface area contributed by atoms with E-state index in [-0.39, 0.29) is 0 Å². The average Bonchev–Trinajstić information content (AvgIpc) is 2.64. The maximum Gasteiger partial charge on any atom is 0.164 e. The van der Waals surface area contributed by atoms with E-state index in [1.165, 1.54) is 5.39 Å². The first-order chi connectivity index (χ1) is 7.83. The topological polar surface area (TPSA) is 41.6 Å². The van der Waals surface area contributed by atoms with Crippen molar-refractivity contribution in [1.29, 1.82) is 5.26 Å². The van der Waals surface area contributed by atoms with E-state index in [1.54, 1.807) is 6.20 Å². The molecule has 0 radical (unpaired) electrons. The quantitative estimate of drug-likeness (QED) is 0.568. The molecule has 0 saturated heterocycles. The highest BCUT2D eigenvalue weighted by molar-refractivity contribution is 6.09. The van der Waals surface area contributed by atoms with E-state index in [2.05, 4.69) is 23.2 Å². The van der Waals surface area contributed by atoms with Gasteiger partial charge in [-0.05, 0) is 12.1 Å². The van der Waals surface area contributed by atoms with Gasteiger partial charge in [0.2, 0.25) is 0 Å². The van der Waals surface area contributed by atoms with Crippen LogP contribution in [0.5, 0.6) is 0 Å². The Morgan fingerprint density at radius 3 is 2.81 bits per heavy atom. The van der Waals surface area contributed by atoms with Crippen molar-refractivity contribution in [3.63, 3.8) is 0 Å². The molecule has 0 aliphatic rings. The van der Waals surface area contributed by atoms with E-state index in [1.807, 2.05) is 29.8 Å². The van der Waals surface area contributed by atoms with Crippen molar-refractivity contribution in [2.45, 2.75) is 0 Å². The molecule has 3 heteroatoms. The lowest BCUT2D eigenvalue weighted by Gasteiger charge is -1.97. The molecule has 3 aromatic rings. The van der Waals surface area contributed by atoms with Crippen LogP contribution < -0.4 is 0 Å². The van der Waals surface area contributed by atoms with Crippen molar-refractivity contribution >= 4 is 21.8 Å². The van der Waals surface area contributed by atoms with E-state index in [4.69, 9.17) is 5.26 Å². The maximum absolute atomic E-state index is 9.06. The minimum absolute atomic E-state index is 0.483. The molecule has 0 unspecified atom stereocenters. The Labute approximate surface area is 92.6 Å². The minimum Gasteiger partial charge on any atom is -0.341 e. The molecule has 0 bridgehead atoms. The molecule has 0 aliphatic carbocycles. The number of nitriles is 1. The lowest BCUT2D eigenvalue weighted by atomic mass is 10.2. The van der Waals surface area contributed by atoms with Crippen LogP contribution >= 0.6 is 0 Å². The minimum atomic E-state index is 0.483. The Hall–Kier alpha value is -2.34. The third kappa shape index (κ3) is 0.986. The normalized spacial score (nSPS) is 10.8. The molecule has 76 valence electrons. The molecule has 2 aromatic heterocycles. The van der Waals surface area contributed by atoms with Gasteiger partial charge in [-0.15, -0.1) is 0 Å². The number of rotatable bonds is 0. The summed E-state index contributed by atoms with van der Waals surface area (Å²) >= 11 is 0. The molecule has 0 N–H and O–H groups in total. The van der Waals surface area contributed by atoms with Gasteiger partial charge in [0, 0.05) is 29.5 Å². The van der Waals surface area contributed by atoms with Crippen molar-refractivity contribution in [1.82, 2.24) is 9.55 Å². The summed E-state index contributed by atoms with van der Waals surface area (Å²) in [5.41, 5.74) is 2.52. The number of benzene rings is 1. The van der Waals surface area contributed by atoms with Crippen molar-refractivity contribution in [3.8, 4) is 6.07 Å². The van der Waals surface area contributed by atoms with Gasteiger partial charge >= 0.3 is 0 Å². The Bertz CT molecular complexity index is 732. The molecule has 0 amide bonds. The van der Waals surface area contributed by atoms with Crippen LogP contribution in [0, 0.1) is 11.3 Å². The number of aromatic nitrogens is 2. The van der Waals surface area contributed by atoms with Gasteiger partial charge in [-0.3, -0.25) is 0 Å². The highest BCUT2D eigenvalue weighted by atomic mass is 15.0. The molecule has 0 spiro atoms. The van der Waals surface area contributed by atoms with Crippen LogP contribution in [-0.4, -0.2) is 9.55 Å². The summed E-state index contributed by atoms with van der Waals surface area (Å²) in [4.78, 5) is 4.10. The molecule has 16 heavy (non-hydrogen) atoms. The summed E-state index contributed by atoms with van der Waals surface area (Å²) in [5, 5.41) is 11.3. The second-order valence-electron chi connectivity index (χ2n) is 3.74. The molecule has 3 nitrogen and oxygen atoms in total. The van der Waals surface area contributed by atoms with Crippen LogP contribution in [0.2, 0.25) is 0 Å². The van der Waals surface area contributed by atoms with E-state index < -0.39 is 0 Å². The summed E-state index contributed by atoms with van der Waals surface area (Å²) < 4.78 is 2.02. The average molecular weight is 207 g/mol. The number of nitrogens with zero attached hydrogens (tertiary/aromatic N) is 3. The zero-order valence-corrected chi connectivity index (χ0v) is 8.81. The molecule has 2 heterocycles. The Kier molecular flexibility index (Phi) is 1.72. The third-order valence-electron chi connectivity index (χ3n) is 2.92. The first kappa shape index (κ1) is 8.93. The second-order valence-corrected chi connectivity index (χ2v) is 3.74. The summed E-state index contributed by atoms with van der Waals surface area (Å²) in [6.07, 6.45) is 1.69. The number of pyridine rings is 1. The fourth-order valence-corrected chi connectivity index (χ4v) is 2.21. The van der Waals surface area contributed by atoms with Crippen molar-refractivity contribution in [3.05, 3.63) is 42.2 Å². The van der Waals surface area contributed by atoms with Crippen LogP contribution in [-0.2, 0) is 7.05 Å². The predicted molar refractivity (Wildman–Crippen MR) is 62.9 cm³/mol. The van der Waals surface area contributed by atoms with Crippen LogP contribution in [0.15, 0.2) is 36.5 Å². The molecule has 0 atom stereocenters. The van der Waals surface area contributed by atoms with Gasteiger partial charge in [-0.2, -0.15) is 5.26 Å². The molecule has 0 fully saturated rings. The standard InChI is InChI=1S/C13H9N3/c1-16-12-5-3-2-4-9(12)10-6-7-15-11(8-14)13(10)16/h2-7H,1H3. The fraction of sp³-hybridized carbons (Fsp3) is 0.0769. The maximum atomic E-state index is 9.06. The van der Waals surface area contributed by atoms with Gasteiger partial charge in [0.05, 0.1) is 5.52 Å². The van der Waals surface area contributed by atoms with Gasteiger partial charge in [0.25, 0.3) is 0 Å². The third-order valence-corrected chi connectivity index (χ3v) is 2.92. The SMILES string of the molecule is Cn1c2ccccc2c2ccnc(C#N)c21. The van der Waals surface area contributed by atoms with Crippen LogP contribution in [0.4, 0.5) is 0 Å². The Balaban J connectivity index is 2.68. The van der Waals surface area contributed by atoms with Gasteiger partial charge in [-0.1, -0.05) is 18.2 Å². The smallest absolute Gasteiger partial charge is 0.164 e. The molecule has 0 saturated carbocycles. The first-order valence-electron chi connectivity index (χ1n) is 5.05. The lowest BCUT2D eigenvalue weighted by molar-refractivity contribution is 1.00. The van der Waals surface area contributed by atoms with Crippen LogP contribution in [0.3, 0.4) is 0 Å². The Morgan fingerprint density at radius 2 is 2.00 bits per heavy atom. The van der Waals surface area contributed by atoms with Crippen LogP contribution in [0.1, 0.15) is 5.69 Å². The lowest BCUT2D eigenvalue weighted by Crippen LogP contribution is -1.91. The summed E-state index contributed by atoms with van der Waals surface area (Å²) in [7, 11) is 1.97. The van der Waals surface area contributed by atoms with E-state index in [0.717, 1.165) is 16.4 Å². The summed E-state index contributed by atoms with van der Waals surface area (Å²) in [6, 6.07) is 12.2. The number of hydrogen-bond acceptors (Lipinski definition) is 2. The highest BCUT2D eigenvalue weighted by Crippen LogP contribution is 2.28. The van der Waals surface area contributed by atoms with E-state index >= 15 is 0 Å². The zero-order valence-electron chi connectivity index (χ0n) is 8.81. The first-order valence-corrected chi connectivity index (χ1v) is 5.05. The molecule has 1 aromatic carbocycles. The monoisotopic (exact) mass is 207 g/mol. The summed E-state index contributed by atoms with van der Waals surface area (Å²) in [5.74, 6) is 0. The molecule has 0 aliphatic heterocycles. The molecule has 3 rings (SSSR count). The number of para-hydroxylation sites is 1. The number of aryl methyl sites for hydroxylation is 1. The molecular weight excluding hydrogens is 198 g/mol. The largest absolute Gasteiger partial charge is 0.341 e. The van der Waals surface area contributed by atoms with Crippen LogP contribution in [0.25, 0.3) is 21.8 Å². The van der Waals surface area contributed by atoms with Gasteiger partial charge in [0.1, 0.15) is 6.07 Å². The fourth-order valence-electron chi connectivity index (χ4n) is 2.21. The highest BCUT2D eigenvalue weighted by Gasteiger charge is 2.11. The molecular formula is C13H9N3. The van der Waals surface area contributed by atoms with Crippen molar-refractivity contribution in [2.75, 3.05) is 0 Å². The predicted octanol–water partition coefficient (Wildman–Crippen LogP) is 2.60. The van der Waals surface area contributed by atoms with E-state index in [0.29, 0.717) is 5.69 Å². The number of fused-ring (bicyclic) bond motifs is 3.